The molecule has 0 bridgehead atoms. The van der Waals surface area contributed by atoms with Gasteiger partial charge in [0.25, 0.3) is 0 Å². The van der Waals surface area contributed by atoms with Crippen molar-refractivity contribution in [3.63, 3.8) is 0 Å². The average molecular weight is 469 g/mol. The van der Waals surface area contributed by atoms with Crippen molar-refractivity contribution in [3.05, 3.63) is 59.4 Å². The Morgan fingerprint density at radius 1 is 1.03 bits per heavy atom. The second-order valence-electron chi connectivity index (χ2n) is 9.10. The van der Waals surface area contributed by atoms with Gasteiger partial charge in [0, 0.05) is 19.0 Å². The topological polar surface area (TPSA) is 67.9 Å². The van der Waals surface area contributed by atoms with Crippen molar-refractivity contribution < 1.29 is 23.5 Å². The predicted molar refractivity (Wildman–Crippen MR) is 127 cm³/mol. The highest BCUT2D eigenvalue weighted by Crippen LogP contribution is 2.33. The molecule has 0 unspecified atom stereocenters. The van der Waals surface area contributed by atoms with Crippen molar-refractivity contribution in [1.29, 1.82) is 0 Å². The van der Waals surface area contributed by atoms with Gasteiger partial charge in [-0.05, 0) is 61.1 Å². The Hall–Kier alpha value is -3.09. The molecule has 2 aromatic rings. The SMILES string of the molecule is CC[C@H](C(=O)NC1CCCCC1)N(Cc1ccc(F)cc1)C(=O)CCc1ccc2c(c1)OCO2. The van der Waals surface area contributed by atoms with E-state index in [2.05, 4.69) is 5.32 Å². The van der Waals surface area contributed by atoms with Gasteiger partial charge in [-0.1, -0.05) is 44.4 Å². The van der Waals surface area contributed by atoms with Crippen molar-refractivity contribution in [2.75, 3.05) is 6.79 Å². The molecule has 0 spiro atoms. The number of rotatable bonds is 9. The lowest BCUT2D eigenvalue weighted by Crippen LogP contribution is -2.51. The van der Waals surface area contributed by atoms with E-state index in [1.807, 2.05) is 25.1 Å². The average Bonchev–Trinajstić information content (AvgIpc) is 3.32. The fourth-order valence-electron chi connectivity index (χ4n) is 4.74. The van der Waals surface area contributed by atoms with E-state index in [-0.39, 0.29) is 43.4 Å². The van der Waals surface area contributed by atoms with Crippen LogP contribution < -0.4 is 14.8 Å². The summed E-state index contributed by atoms with van der Waals surface area (Å²) < 4.78 is 24.2. The van der Waals surface area contributed by atoms with Crippen LogP contribution in [0.5, 0.6) is 11.5 Å². The number of nitrogens with zero attached hydrogens (tertiary/aromatic N) is 1. The first-order valence-electron chi connectivity index (χ1n) is 12.3. The van der Waals surface area contributed by atoms with E-state index in [4.69, 9.17) is 9.47 Å². The molecule has 1 atom stereocenters. The molecule has 4 rings (SSSR count). The molecule has 1 saturated carbocycles. The summed E-state index contributed by atoms with van der Waals surface area (Å²) >= 11 is 0. The molecule has 2 aliphatic rings. The summed E-state index contributed by atoms with van der Waals surface area (Å²) in [7, 11) is 0. The minimum absolute atomic E-state index is 0.104. The normalized spacial score (nSPS) is 16.2. The zero-order chi connectivity index (χ0) is 23.9. The molecule has 182 valence electrons. The summed E-state index contributed by atoms with van der Waals surface area (Å²) in [6.45, 7) is 2.39. The van der Waals surface area contributed by atoms with Gasteiger partial charge in [0.05, 0.1) is 0 Å². The summed E-state index contributed by atoms with van der Waals surface area (Å²) in [6, 6.07) is 11.4. The number of hydrogen-bond acceptors (Lipinski definition) is 4. The number of amides is 2. The van der Waals surface area contributed by atoms with Crippen LogP contribution in [0.15, 0.2) is 42.5 Å². The van der Waals surface area contributed by atoms with Crippen LogP contribution in [0.4, 0.5) is 4.39 Å². The van der Waals surface area contributed by atoms with Crippen LogP contribution in [-0.4, -0.2) is 35.6 Å². The van der Waals surface area contributed by atoms with E-state index in [0.717, 1.165) is 36.8 Å². The van der Waals surface area contributed by atoms with Crippen LogP contribution in [0.3, 0.4) is 0 Å². The Balaban J connectivity index is 1.47. The third kappa shape index (κ3) is 6.07. The van der Waals surface area contributed by atoms with E-state index in [9.17, 15) is 14.0 Å². The maximum Gasteiger partial charge on any atom is 0.243 e. The molecular formula is C27H33FN2O4. The molecule has 1 heterocycles. The zero-order valence-corrected chi connectivity index (χ0v) is 19.7. The van der Waals surface area contributed by atoms with E-state index in [0.29, 0.717) is 24.3 Å². The lowest BCUT2D eigenvalue weighted by atomic mass is 9.95. The van der Waals surface area contributed by atoms with E-state index in [1.165, 1.54) is 18.6 Å². The molecule has 1 N–H and O–H groups in total. The van der Waals surface area contributed by atoms with Gasteiger partial charge in [-0.2, -0.15) is 0 Å². The van der Waals surface area contributed by atoms with Gasteiger partial charge in [-0.25, -0.2) is 4.39 Å². The van der Waals surface area contributed by atoms with Crippen molar-refractivity contribution in [3.8, 4) is 11.5 Å². The Bertz CT molecular complexity index is 989. The quantitative estimate of drug-likeness (QED) is 0.577. The van der Waals surface area contributed by atoms with Gasteiger partial charge in [-0.3, -0.25) is 9.59 Å². The number of fused-ring (bicyclic) bond motifs is 1. The van der Waals surface area contributed by atoms with Crippen LogP contribution in [0, 0.1) is 5.82 Å². The number of aryl methyl sites for hydroxylation is 1. The van der Waals surface area contributed by atoms with E-state index >= 15 is 0 Å². The molecule has 2 aromatic carbocycles. The van der Waals surface area contributed by atoms with E-state index in [1.54, 1.807) is 17.0 Å². The molecule has 1 aliphatic heterocycles. The molecule has 34 heavy (non-hydrogen) atoms. The van der Waals surface area contributed by atoms with Crippen LogP contribution in [-0.2, 0) is 22.6 Å². The number of carbonyl (C=O) groups is 2. The first-order valence-corrected chi connectivity index (χ1v) is 12.3. The summed E-state index contributed by atoms with van der Waals surface area (Å²) in [4.78, 5) is 28.3. The fraction of sp³-hybridized carbons (Fsp3) is 0.481. The molecule has 2 amide bonds. The number of benzene rings is 2. The molecule has 1 aliphatic carbocycles. The first kappa shape index (κ1) is 24.0. The van der Waals surface area contributed by atoms with E-state index < -0.39 is 6.04 Å². The van der Waals surface area contributed by atoms with Crippen molar-refractivity contribution in [2.24, 2.45) is 0 Å². The standard InChI is InChI=1S/C27H33FN2O4/c1-2-23(27(32)29-22-6-4-3-5-7-22)30(17-20-8-12-21(28)13-9-20)26(31)15-11-19-10-14-24-25(16-19)34-18-33-24/h8-10,12-14,16,22-23H,2-7,11,15,17-18H2,1H3,(H,29,32)/t23-/m1/s1. The smallest absolute Gasteiger partial charge is 0.243 e. The highest BCUT2D eigenvalue weighted by atomic mass is 19.1. The molecule has 6 nitrogen and oxygen atoms in total. The van der Waals surface area contributed by atoms with Gasteiger partial charge in [0.2, 0.25) is 18.6 Å². The van der Waals surface area contributed by atoms with Crippen LogP contribution in [0.25, 0.3) is 0 Å². The van der Waals surface area contributed by atoms with Gasteiger partial charge in [0.15, 0.2) is 11.5 Å². The first-order chi connectivity index (χ1) is 16.5. The molecule has 1 fully saturated rings. The van der Waals surface area contributed by atoms with Gasteiger partial charge < -0.3 is 19.7 Å². The summed E-state index contributed by atoms with van der Waals surface area (Å²) in [6.07, 6.45) is 6.71. The van der Waals surface area contributed by atoms with Crippen LogP contribution in [0.2, 0.25) is 0 Å². The Morgan fingerprint density at radius 3 is 2.47 bits per heavy atom. The van der Waals surface area contributed by atoms with Crippen LogP contribution in [0.1, 0.15) is 63.0 Å². The second kappa shape index (κ2) is 11.4. The number of carbonyl (C=O) groups excluding carboxylic acids is 2. The van der Waals surface area contributed by atoms with Crippen molar-refractivity contribution >= 4 is 11.8 Å². The van der Waals surface area contributed by atoms with Crippen LogP contribution >= 0.6 is 0 Å². The lowest BCUT2D eigenvalue weighted by molar-refractivity contribution is -0.141. The Kier molecular flexibility index (Phi) is 8.03. The van der Waals surface area contributed by atoms with Gasteiger partial charge >= 0.3 is 0 Å². The zero-order valence-electron chi connectivity index (χ0n) is 19.7. The number of hydrogen-bond donors (Lipinski definition) is 1. The van der Waals surface area contributed by atoms with Gasteiger partial charge in [0.1, 0.15) is 11.9 Å². The molecule has 0 aromatic heterocycles. The number of halogens is 1. The Labute approximate surface area is 200 Å². The number of nitrogens with one attached hydrogen (secondary N) is 1. The largest absolute Gasteiger partial charge is 0.454 e. The predicted octanol–water partition coefficient (Wildman–Crippen LogP) is 4.74. The summed E-state index contributed by atoms with van der Waals surface area (Å²) in [5.74, 6) is 0.858. The maximum absolute atomic E-state index is 13.4. The molecular weight excluding hydrogens is 435 g/mol. The second-order valence-corrected chi connectivity index (χ2v) is 9.10. The maximum atomic E-state index is 13.4. The Morgan fingerprint density at radius 2 is 1.74 bits per heavy atom. The monoisotopic (exact) mass is 468 g/mol. The third-order valence-electron chi connectivity index (χ3n) is 6.67. The molecule has 0 radical (unpaired) electrons. The highest BCUT2D eigenvalue weighted by molar-refractivity contribution is 5.88. The fourth-order valence-corrected chi connectivity index (χ4v) is 4.74. The van der Waals surface area contributed by atoms with Crippen molar-refractivity contribution in [2.45, 2.75) is 76.9 Å². The minimum atomic E-state index is -0.573. The highest BCUT2D eigenvalue weighted by Gasteiger charge is 2.30. The summed E-state index contributed by atoms with van der Waals surface area (Å²) in [5.41, 5.74) is 1.76. The lowest BCUT2D eigenvalue weighted by Gasteiger charge is -2.33. The van der Waals surface area contributed by atoms with Crippen molar-refractivity contribution in [1.82, 2.24) is 10.2 Å². The minimum Gasteiger partial charge on any atom is -0.454 e. The third-order valence-corrected chi connectivity index (χ3v) is 6.67. The summed E-state index contributed by atoms with van der Waals surface area (Å²) in [5, 5.41) is 3.18. The van der Waals surface area contributed by atoms with Gasteiger partial charge in [-0.15, -0.1) is 0 Å². The molecule has 0 saturated heterocycles. The number of ether oxygens (including phenoxy) is 2. The molecule has 7 heteroatoms.